The minimum absolute atomic E-state index is 0.155. The van der Waals surface area contributed by atoms with E-state index in [1.165, 1.54) is 0 Å². The molecule has 0 aromatic heterocycles. The molecule has 35 heavy (non-hydrogen) atoms. The van der Waals surface area contributed by atoms with E-state index in [0.717, 1.165) is 22.3 Å². The van der Waals surface area contributed by atoms with Crippen molar-refractivity contribution in [2.45, 2.75) is 26.4 Å². The lowest BCUT2D eigenvalue weighted by molar-refractivity contribution is -0.146. The lowest BCUT2D eigenvalue weighted by Crippen LogP contribution is -2.25. The molecule has 0 aliphatic carbocycles. The highest BCUT2D eigenvalue weighted by Crippen LogP contribution is 2.29. The number of benzene rings is 3. The minimum Gasteiger partial charge on any atom is -0.482 e. The molecule has 0 saturated carbocycles. The number of nitrogens with two attached hydrogens (primary N) is 1. The Morgan fingerprint density at radius 2 is 1.46 bits per heavy atom. The number of rotatable bonds is 11. The molecule has 3 rings (SSSR count). The number of esters is 1. The largest absolute Gasteiger partial charge is 0.482 e. The summed E-state index contributed by atoms with van der Waals surface area (Å²) in [4.78, 5) is 22.8. The maximum atomic E-state index is 11.5. The molecule has 3 N–H and O–H groups in total. The van der Waals surface area contributed by atoms with Crippen molar-refractivity contribution in [1.29, 1.82) is 0 Å². The fourth-order valence-corrected chi connectivity index (χ4v) is 3.35. The third kappa shape index (κ3) is 7.37. The van der Waals surface area contributed by atoms with Gasteiger partial charge in [0.1, 0.15) is 11.5 Å². The predicted molar refractivity (Wildman–Crippen MR) is 135 cm³/mol. The van der Waals surface area contributed by atoms with Gasteiger partial charge in [0.25, 0.3) is 0 Å². The van der Waals surface area contributed by atoms with Gasteiger partial charge in [-0.2, -0.15) is 0 Å². The Labute approximate surface area is 204 Å². The smallest absolute Gasteiger partial charge is 0.344 e. The van der Waals surface area contributed by atoms with Crippen LogP contribution in [0.1, 0.15) is 37.0 Å². The minimum atomic E-state index is -0.995. The maximum Gasteiger partial charge on any atom is 0.344 e. The molecule has 0 aliphatic rings. The van der Waals surface area contributed by atoms with E-state index in [-0.39, 0.29) is 6.61 Å². The van der Waals surface area contributed by atoms with Gasteiger partial charge in [0.15, 0.2) is 12.7 Å². The Kier molecular flexibility index (Phi) is 8.89. The summed E-state index contributed by atoms with van der Waals surface area (Å²) in [6.45, 7) is 3.66. The third-order valence-electron chi connectivity index (χ3n) is 5.16. The summed E-state index contributed by atoms with van der Waals surface area (Å²) >= 11 is 0. The number of ether oxygens (including phenoxy) is 3. The molecule has 7 nitrogen and oxygen atoms in total. The average Bonchev–Trinajstić information content (AvgIpc) is 2.86. The van der Waals surface area contributed by atoms with Crippen LogP contribution in [0.3, 0.4) is 0 Å². The highest BCUT2D eigenvalue weighted by atomic mass is 16.6. The van der Waals surface area contributed by atoms with E-state index in [1.54, 1.807) is 38.1 Å². The van der Waals surface area contributed by atoms with Crippen molar-refractivity contribution in [2.75, 3.05) is 18.9 Å². The molecule has 1 unspecified atom stereocenters. The molecular formula is C28H29NO6. The summed E-state index contributed by atoms with van der Waals surface area (Å²) in [5, 5.41) is 9.25. The molecule has 0 fully saturated rings. The van der Waals surface area contributed by atoms with E-state index in [4.69, 9.17) is 19.9 Å². The summed E-state index contributed by atoms with van der Waals surface area (Å²) in [7, 11) is 0. The fourth-order valence-electron chi connectivity index (χ4n) is 3.35. The Balaban J connectivity index is 1.88. The van der Waals surface area contributed by atoms with Crippen molar-refractivity contribution >= 4 is 29.3 Å². The fraction of sp³-hybridized carbons (Fsp3) is 0.214. The monoisotopic (exact) mass is 475 g/mol. The van der Waals surface area contributed by atoms with Gasteiger partial charge >= 0.3 is 11.9 Å². The van der Waals surface area contributed by atoms with Gasteiger partial charge in [-0.1, -0.05) is 43.3 Å². The van der Waals surface area contributed by atoms with E-state index in [2.05, 4.69) is 0 Å². The number of anilines is 1. The molecule has 0 spiro atoms. The van der Waals surface area contributed by atoms with Crippen molar-refractivity contribution in [3.8, 4) is 11.5 Å². The van der Waals surface area contributed by atoms with Crippen LogP contribution in [-0.2, 0) is 14.3 Å². The van der Waals surface area contributed by atoms with Crippen molar-refractivity contribution in [2.24, 2.45) is 0 Å². The summed E-state index contributed by atoms with van der Waals surface area (Å²) in [5.41, 5.74) is 10.3. The average molecular weight is 476 g/mol. The van der Waals surface area contributed by atoms with Gasteiger partial charge in [-0.25, -0.2) is 9.59 Å². The van der Waals surface area contributed by atoms with Crippen LogP contribution in [0.5, 0.6) is 11.5 Å². The van der Waals surface area contributed by atoms with E-state index in [1.807, 2.05) is 54.6 Å². The second-order valence-electron chi connectivity index (χ2n) is 7.72. The summed E-state index contributed by atoms with van der Waals surface area (Å²) in [6.07, 6.45) is 1.51. The molecule has 182 valence electrons. The standard InChI is InChI=1S/C28H29NO6/c1-3-26(28(31)32)35-24-15-9-21(10-16-24)25(17-19-5-11-22(29)12-6-19)20-7-13-23(14-8-20)34-18-27(30)33-4-2/h5-17,26H,3-4,18,29H2,1-2H3,(H,31,32)/b25-17-. The van der Waals surface area contributed by atoms with Gasteiger partial charge in [-0.15, -0.1) is 0 Å². The number of nitrogen functional groups attached to an aromatic ring is 1. The predicted octanol–water partition coefficient (Wildman–Crippen LogP) is 5.04. The van der Waals surface area contributed by atoms with Crippen molar-refractivity contribution in [3.05, 3.63) is 89.5 Å². The Hall–Kier alpha value is -4.26. The van der Waals surface area contributed by atoms with Gasteiger partial charge in [0, 0.05) is 5.69 Å². The summed E-state index contributed by atoms with van der Waals surface area (Å²) in [6, 6.07) is 22.2. The first-order valence-corrected chi connectivity index (χ1v) is 11.4. The number of carboxylic acids is 1. The van der Waals surface area contributed by atoms with Crippen LogP contribution in [-0.4, -0.2) is 36.4 Å². The summed E-state index contributed by atoms with van der Waals surface area (Å²) < 4.78 is 16.0. The van der Waals surface area contributed by atoms with E-state index < -0.39 is 18.0 Å². The first kappa shape index (κ1) is 25.4. The summed E-state index contributed by atoms with van der Waals surface area (Å²) in [5.74, 6) is -0.379. The van der Waals surface area contributed by atoms with Crippen LogP contribution < -0.4 is 15.2 Å². The molecule has 3 aromatic carbocycles. The molecule has 0 radical (unpaired) electrons. The van der Waals surface area contributed by atoms with Gasteiger partial charge in [0.2, 0.25) is 0 Å². The molecule has 0 heterocycles. The van der Waals surface area contributed by atoms with Crippen LogP contribution in [0.4, 0.5) is 5.69 Å². The van der Waals surface area contributed by atoms with Crippen LogP contribution in [0.15, 0.2) is 72.8 Å². The SMILES string of the molecule is CCOC(=O)COc1ccc(/C(=C/c2ccc(N)cc2)c2ccc(OC(CC)C(=O)O)cc2)cc1. The number of carbonyl (C=O) groups is 2. The zero-order chi connectivity index (χ0) is 25.2. The van der Waals surface area contributed by atoms with Crippen LogP contribution in [0, 0.1) is 0 Å². The molecular weight excluding hydrogens is 446 g/mol. The first-order valence-electron chi connectivity index (χ1n) is 11.4. The van der Waals surface area contributed by atoms with Gasteiger partial charge < -0.3 is 25.1 Å². The number of hydrogen-bond donors (Lipinski definition) is 2. The van der Waals surface area contributed by atoms with E-state index in [9.17, 15) is 14.7 Å². The van der Waals surface area contributed by atoms with Crippen molar-refractivity contribution in [3.63, 3.8) is 0 Å². The maximum absolute atomic E-state index is 11.5. The molecule has 0 saturated heterocycles. The highest BCUT2D eigenvalue weighted by Gasteiger charge is 2.17. The van der Waals surface area contributed by atoms with E-state index >= 15 is 0 Å². The van der Waals surface area contributed by atoms with Crippen LogP contribution in [0.25, 0.3) is 11.6 Å². The second-order valence-corrected chi connectivity index (χ2v) is 7.72. The number of hydrogen-bond acceptors (Lipinski definition) is 6. The molecule has 0 amide bonds. The lowest BCUT2D eigenvalue weighted by atomic mass is 9.95. The quantitative estimate of drug-likeness (QED) is 0.227. The van der Waals surface area contributed by atoms with Gasteiger partial charge in [0.05, 0.1) is 6.61 Å². The molecule has 3 aromatic rings. The Morgan fingerprint density at radius 3 is 1.97 bits per heavy atom. The molecule has 0 bridgehead atoms. The number of aliphatic carboxylic acids is 1. The zero-order valence-electron chi connectivity index (χ0n) is 19.8. The van der Waals surface area contributed by atoms with E-state index in [0.29, 0.717) is 30.2 Å². The number of carboxylic acid groups (broad SMARTS) is 1. The van der Waals surface area contributed by atoms with Gasteiger partial charge in [-0.05, 0) is 78.1 Å². The highest BCUT2D eigenvalue weighted by molar-refractivity contribution is 5.91. The zero-order valence-corrected chi connectivity index (χ0v) is 19.8. The molecule has 7 heteroatoms. The van der Waals surface area contributed by atoms with Gasteiger partial charge in [-0.3, -0.25) is 0 Å². The molecule has 1 atom stereocenters. The second kappa shape index (κ2) is 12.3. The number of carbonyl (C=O) groups excluding carboxylic acids is 1. The van der Waals surface area contributed by atoms with Crippen molar-refractivity contribution in [1.82, 2.24) is 0 Å². The van der Waals surface area contributed by atoms with Crippen molar-refractivity contribution < 1.29 is 28.9 Å². The molecule has 0 aliphatic heterocycles. The topological polar surface area (TPSA) is 108 Å². The first-order chi connectivity index (χ1) is 16.9. The Bertz CT molecular complexity index is 1150. The third-order valence-corrected chi connectivity index (χ3v) is 5.16. The lowest BCUT2D eigenvalue weighted by Gasteiger charge is -2.15. The normalized spacial score (nSPS) is 12.0. The van der Waals surface area contributed by atoms with Crippen LogP contribution in [0.2, 0.25) is 0 Å². The van der Waals surface area contributed by atoms with Crippen LogP contribution >= 0.6 is 0 Å². The Morgan fingerprint density at radius 1 is 0.886 bits per heavy atom.